The molecule has 0 aromatic heterocycles. The molecule has 2 aromatic carbocycles. The maximum absolute atomic E-state index is 12.6. The van der Waals surface area contributed by atoms with Crippen LogP contribution in [0.15, 0.2) is 42.5 Å². The van der Waals surface area contributed by atoms with Crippen LogP contribution in [0.4, 0.5) is 5.69 Å². The number of nitrogens with one attached hydrogen (secondary N) is 1. The van der Waals surface area contributed by atoms with E-state index in [2.05, 4.69) is 17.4 Å². The summed E-state index contributed by atoms with van der Waals surface area (Å²) in [5.41, 5.74) is 4.18. The largest absolute Gasteiger partial charge is 0.348 e. The number of nitrogens with zero attached hydrogens (tertiary/aromatic N) is 1. The summed E-state index contributed by atoms with van der Waals surface area (Å²) in [6.45, 7) is 1.63. The van der Waals surface area contributed by atoms with Gasteiger partial charge in [0.05, 0.1) is 18.0 Å². The van der Waals surface area contributed by atoms with Crippen LogP contribution >= 0.6 is 11.6 Å². The molecule has 7 heteroatoms. The van der Waals surface area contributed by atoms with Crippen LogP contribution in [0, 0.1) is 0 Å². The van der Waals surface area contributed by atoms with Gasteiger partial charge in [0.2, 0.25) is 15.9 Å². The van der Waals surface area contributed by atoms with E-state index in [9.17, 15) is 13.2 Å². The molecule has 1 amide bonds. The van der Waals surface area contributed by atoms with Gasteiger partial charge in [-0.3, -0.25) is 9.10 Å². The summed E-state index contributed by atoms with van der Waals surface area (Å²) < 4.78 is 25.4. The van der Waals surface area contributed by atoms with E-state index in [0.29, 0.717) is 10.7 Å². The van der Waals surface area contributed by atoms with Gasteiger partial charge < -0.3 is 5.32 Å². The first-order chi connectivity index (χ1) is 13.2. The number of sulfonamides is 1. The molecule has 3 rings (SSSR count). The van der Waals surface area contributed by atoms with E-state index >= 15 is 0 Å². The molecule has 0 heterocycles. The van der Waals surface area contributed by atoms with Crippen molar-refractivity contribution in [1.29, 1.82) is 0 Å². The first-order valence-electron chi connectivity index (χ1n) is 9.38. The van der Waals surface area contributed by atoms with Crippen LogP contribution in [-0.2, 0) is 27.7 Å². The fraction of sp³-hybridized carbons (Fsp3) is 0.381. The average Bonchev–Trinajstić information content (AvgIpc) is 2.65. The van der Waals surface area contributed by atoms with Crippen LogP contribution in [0.25, 0.3) is 0 Å². The molecule has 0 bridgehead atoms. The second-order valence-corrected chi connectivity index (χ2v) is 9.61. The third-order valence-electron chi connectivity index (χ3n) is 5.05. The number of halogens is 1. The minimum absolute atomic E-state index is 0.202. The van der Waals surface area contributed by atoms with E-state index in [-0.39, 0.29) is 18.5 Å². The molecular formula is C21H25ClN2O3S. The first-order valence-corrected chi connectivity index (χ1v) is 11.6. The highest BCUT2D eigenvalue weighted by Gasteiger charge is 2.22. The summed E-state index contributed by atoms with van der Waals surface area (Å²) in [5.74, 6) is -0.356. The van der Waals surface area contributed by atoms with Crippen molar-refractivity contribution in [1.82, 2.24) is 5.32 Å². The number of carbonyl (C=O) groups excluding carboxylic acids is 1. The number of benzene rings is 2. The number of hydrogen-bond donors (Lipinski definition) is 1. The molecule has 5 nitrogen and oxygen atoms in total. The van der Waals surface area contributed by atoms with Gasteiger partial charge in [-0.25, -0.2) is 8.42 Å². The Hall–Kier alpha value is -2.05. The summed E-state index contributed by atoms with van der Waals surface area (Å²) in [5, 5.41) is 3.42. The van der Waals surface area contributed by atoms with Gasteiger partial charge in [0.15, 0.2) is 0 Å². The van der Waals surface area contributed by atoms with Crippen molar-refractivity contribution in [3.8, 4) is 0 Å². The van der Waals surface area contributed by atoms with Crippen molar-refractivity contribution in [3.63, 3.8) is 0 Å². The van der Waals surface area contributed by atoms with Gasteiger partial charge in [0, 0.05) is 5.02 Å². The quantitative estimate of drug-likeness (QED) is 0.771. The molecule has 1 aliphatic carbocycles. The lowest BCUT2D eigenvalue weighted by molar-refractivity contribution is -0.120. The minimum Gasteiger partial charge on any atom is -0.348 e. The minimum atomic E-state index is -3.61. The fourth-order valence-electron chi connectivity index (χ4n) is 3.53. The lowest BCUT2D eigenvalue weighted by Gasteiger charge is -2.24. The zero-order chi connectivity index (χ0) is 20.3. The van der Waals surface area contributed by atoms with E-state index < -0.39 is 10.0 Å². The van der Waals surface area contributed by atoms with Gasteiger partial charge in [-0.05, 0) is 73.6 Å². The Labute approximate surface area is 171 Å². The highest BCUT2D eigenvalue weighted by molar-refractivity contribution is 7.92. The molecule has 1 N–H and O–H groups in total. The van der Waals surface area contributed by atoms with Crippen molar-refractivity contribution in [2.45, 2.75) is 38.6 Å². The number of rotatable bonds is 6. The summed E-state index contributed by atoms with van der Waals surface area (Å²) in [4.78, 5) is 12.6. The smallest absolute Gasteiger partial charge is 0.241 e. The number of amides is 1. The Bertz CT molecular complexity index is 958. The molecule has 1 unspecified atom stereocenters. The monoisotopic (exact) mass is 420 g/mol. The average molecular weight is 421 g/mol. The summed E-state index contributed by atoms with van der Waals surface area (Å²) in [6.07, 6.45) is 5.69. The van der Waals surface area contributed by atoms with E-state index in [1.54, 1.807) is 24.3 Å². The third-order valence-corrected chi connectivity index (χ3v) is 6.44. The van der Waals surface area contributed by atoms with Crippen LogP contribution in [0.3, 0.4) is 0 Å². The molecule has 0 aliphatic heterocycles. The molecule has 28 heavy (non-hydrogen) atoms. The molecule has 0 fully saturated rings. The van der Waals surface area contributed by atoms with Crippen LogP contribution < -0.4 is 9.62 Å². The molecule has 0 saturated heterocycles. The number of hydrogen-bond acceptors (Lipinski definition) is 3. The Morgan fingerprint density at radius 2 is 1.75 bits per heavy atom. The zero-order valence-corrected chi connectivity index (χ0v) is 17.7. The number of aryl methyl sites for hydroxylation is 2. The highest BCUT2D eigenvalue weighted by Crippen LogP contribution is 2.25. The summed E-state index contributed by atoms with van der Waals surface area (Å²) >= 11 is 5.88. The highest BCUT2D eigenvalue weighted by atomic mass is 35.5. The number of fused-ring (bicyclic) bond motifs is 1. The lowest BCUT2D eigenvalue weighted by Crippen LogP contribution is -2.41. The standard InChI is InChI=1S/C21H25ClN2O3S/c1-15(17-8-7-16-5-3-4-6-18(16)13-17)23-21(25)14-24(28(2,26)27)20-11-9-19(22)10-12-20/h7-13,15H,3-6,14H2,1-2H3,(H,23,25). The molecule has 2 aromatic rings. The first kappa shape index (κ1) is 20.7. The Balaban J connectivity index is 1.71. The van der Waals surface area contributed by atoms with E-state index in [1.165, 1.54) is 24.0 Å². The van der Waals surface area contributed by atoms with Crippen LogP contribution in [0.2, 0.25) is 5.02 Å². The Morgan fingerprint density at radius 1 is 1.11 bits per heavy atom. The molecule has 0 saturated carbocycles. The topological polar surface area (TPSA) is 66.5 Å². The van der Waals surface area contributed by atoms with Crippen molar-refractivity contribution in [3.05, 3.63) is 64.2 Å². The summed E-state index contributed by atoms with van der Waals surface area (Å²) in [7, 11) is -3.61. The van der Waals surface area contributed by atoms with Crippen LogP contribution in [-0.4, -0.2) is 27.1 Å². The third kappa shape index (κ3) is 5.06. The van der Waals surface area contributed by atoms with Crippen molar-refractivity contribution < 1.29 is 13.2 Å². The van der Waals surface area contributed by atoms with Gasteiger partial charge in [0.25, 0.3) is 0 Å². The van der Waals surface area contributed by atoms with Gasteiger partial charge in [-0.15, -0.1) is 0 Å². The molecule has 0 radical (unpaired) electrons. The molecular weight excluding hydrogens is 396 g/mol. The van der Waals surface area contributed by atoms with Crippen molar-refractivity contribution in [2.75, 3.05) is 17.1 Å². The second-order valence-electron chi connectivity index (χ2n) is 7.27. The van der Waals surface area contributed by atoms with Gasteiger partial charge >= 0.3 is 0 Å². The van der Waals surface area contributed by atoms with Crippen LogP contribution in [0.5, 0.6) is 0 Å². The van der Waals surface area contributed by atoms with Gasteiger partial charge in [-0.1, -0.05) is 29.8 Å². The molecule has 1 atom stereocenters. The van der Waals surface area contributed by atoms with Gasteiger partial charge in [0.1, 0.15) is 6.54 Å². The molecule has 1 aliphatic rings. The Morgan fingerprint density at radius 3 is 2.39 bits per heavy atom. The molecule has 150 valence electrons. The second kappa shape index (κ2) is 8.53. The maximum Gasteiger partial charge on any atom is 0.241 e. The van der Waals surface area contributed by atoms with Crippen molar-refractivity contribution >= 4 is 33.2 Å². The zero-order valence-electron chi connectivity index (χ0n) is 16.1. The van der Waals surface area contributed by atoms with Crippen molar-refractivity contribution in [2.24, 2.45) is 0 Å². The van der Waals surface area contributed by atoms with Crippen LogP contribution in [0.1, 0.15) is 42.5 Å². The lowest BCUT2D eigenvalue weighted by atomic mass is 9.89. The van der Waals surface area contributed by atoms with E-state index in [4.69, 9.17) is 11.6 Å². The fourth-order valence-corrected chi connectivity index (χ4v) is 4.51. The Kier molecular flexibility index (Phi) is 6.30. The van der Waals surface area contributed by atoms with E-state index in [0.717, 1.165) is 29.0 Å². The predicted octanol–water partition coefficient (Wildman–Crippen LogP) is 3.86. The predicted molar refractivity (Wildman–Crippen MR) is 113 cm³/mol. The number of anilines is 1. The maximum atomic E-state index is 12.6. The summed E-state index contributed by atoms with van der Waals surface area (Å²) in [6, 6.07) is 12.5. The SMILES string of the molecule is CC(NC(=O)CN(c1ccc(Cl)cc1)S(C)(=O)=O)c1ccc2c(c1)CCCC2. The molecule has 0 spiro atoms. The van der Waals surface area contributed by atoms with E-state index in [1.807, 2.05) is 13.0 Å². The normalized spacial score (nSPS) is 14.8. The number of carbonyl (C=O) groups is 1. The van der Waals surface area contributed by atoms with Gasteiger partial charge in [-0.2, -0.15) is 0 Å².